The number of piperazine rings is 1. The summed E-state index contributed by atoms with van der Waals surface area (Å²) in [5, 5.41) is 3.77. The molecular weight excluding hydrogens is 464 g/mol. The van der Waals surface area contributed by atoms with Gasteiger partial charge in [0.1, 0.15) is 0 Å². The van der Waals surface area contributed by atoms with Crippen molar-refractivity contribution in [3.05, 3.63) is 82.0 Å². The Morgan fingerprint density at radius 3 is 2.31 bits per heavy atom. The second kappa shape index (κ2) is 11.7. The minimum absolute atomic E-state index is 0.191. The summed E-state index contributed by atoms with van der Waals surface area (Å²) in [5.41, 5.74) is 3.31. The Balaban J connectivity index is 1.55. The average molecular weight is 497 g/mol. The van der Waals surface area contributed by atoms with Crippen LogP contribution in [0.2, 0.25) is 5.02 Å². The zero-order valence-electron chi connectivity index (χ0n) is 20.4. The van der Waals surface area contributed by atoms with Crippen LogP contribution in [0.25, 0.3) is 0 Å². The Hall–Kier alpha value is -2.87. The van der Waals surface area contributed by atoms with Crippen LogP contribution in [0, 0.1) is 0 Å². The summed E-state index contributed by atoms with van der Waals surface area (Å²) < 4.78 is 5.46. The highest BCUT2D eigenvalue weighted by Gasteiger charge is 2.38. The van der Waals surface area contributed by atoms with E-state index in [-0.39, 0.29) is 18.6 Å². The van der Waals surface area contributed by atoms with Crippen molar-refractivity contribution in [1.29, 1.82) is 0 Å². The van der Waals surface area contributed by atoms with E-state index in [2.05, 4.69) is 21.2 Å². The van der Waals surface area contributed by atoms with Crippen LogP contribution in [0.4, 0.5) is 4.79 Å². The van der Waals surface area contributed by atoms with Crippen LogP contribution in [0.3, 0.4) is 0 Å². The summed E-state index contributed by atoms with van der Waals surface area (Å²) in [6.45, 7) is 9.32. The van der Waals surface area contributed by atoms with Crippen molar-refractivity contribution in [3.63, 3.8) is 0 Å². The molecule has 0 radical (unpaired) electrons. The quantitative estimate of drug-likeness (QED) is 0.558. The van der Waals surface area contributed by atoms with E-state index >= 15 is 0 Å². The van der Waals surface area contributed by atoms with Gasteiger partial charge in [0.15, 0.2) is 0 Å². The lowest BCUT2D eigenvalue weighted by Crippen LogP contribution is -2.53. The maximum Gasteiger partial charge on any atom is 0.338 e. The fourth-order valence-corrected chi connectivity index (χ4v) is 4.98. The molecule has 35 heavy (non-hydrogen) atoms. The minimum Gasteiger partial charge on any atom is -0.463 e. The molecule has 186 valence electrons. The van der Waals surface area contributed by atoms with Crippen LogP contribution in [-0.2, 0) is 16.1 Å². The first-order valence-electron chi connectivity index (χ1n) is 12.2. The van der Waals surface area contributed by atoms with Gasteiger partial charge < -0.3 is 10.1 Å². The van der Waals surface area contributed by atoms with Gasteiger partial charge in [-0.05, 0) is 37.1 Å². The number of nitrogens with zero attached hydrogens (tertiary/aromatic N) is 3. The highest BCUT2D eigenvalue weighted by Crippen LogP contribution is 2.32. The standard InChI is InChI=1S/C27H33ClN4O3/c1-3-32-23(19-31-15-13-30(14-16-31)18-20-9-8-12-22(28)17-20)24(26(33)35-4-2)25(29-27(32)34)21-10-6-5-7-11-21/h5-12,17,25H,3-4,13-16,18-19H2,1-2H3,(H,29,34). The number of urea groups is 1. The van der Waals surface area contributed by atoms with Gasteiger partial charge >= 0.3 is 12.0 Å². The van der Waals surface area contributed by atoms with E-state index < -0.39 is 6.04 Å². The van der Waals surface area contributed by atoms with E-state index in [0.29, 0.717) is 18.7 Å². The number of carbonyl (C=O) groups is 2. The zero-order valence-corrected chi connectivity index (χ0v) is 21.1. The van der Waals surface area contributed by atoms with E-state index in [1.165, 1.54) is 5.56 Å². The summed E-state index contributed by atoms with van der Waals surface area (Å²) >= 11 is 6.14. The number of amides is 2. The molecule has 7 nitrogen and oxygen atoms in total. The normalized spacial score (nSPS) is 19.6. The van der Waals surface area contributed by atoms with Gasteiger partial charge in [0.25, 0.3) is 0 Å². The Bertz CT molecular complexity index is 1070. The Labute approximate surface area is 212 Å². The summed E-state index contributed by atoms with van der Waals surface area (Å²) in [5.74, 6) is -0.380. The van der Waals surface area contributed by atoms with Crippen LogP contribution in [0.1, 0.15) is 31.0 Å². The van der Waals surface area contributed by atoms with Crippen LogP contribution in [0.15, 0.2) is 65.9 Å². The van der Waals surface area contributed by atoms with Gasteiger partial charge in [-0.15, -0.1) is 0 Å². The van der Waals surface area contributed by atoms with Crippen molar-refractivity contribution in [2.45, 2.75) is 26.4 Å². The van der Waals surface area contributed by atoms with E-state index in [9.17, 15) is 9.59 Å². The van der Waals surface area contributed by atoms with Crippen LogP contribution in [0.5, 0.6) is 0 Å². The van der Waals surface area contributed by atoms with Crippen molar-refractivity contribution >= 4 is 23.6 Å². The second-order valence-electron chi connectivity index (χ2n) is 8.80. The molecule has 1 N–H and O–H groups in total. The molecule has 1 unspecified atom stereocenters. The fourth-order valence-electron chi connectivity index (χ4n) is 4.76. The predicted octanol–water partition coefficient (Wildman–Crippen LogP) is 4.06. The van der Waals surface area contributed by atoms with Gasteiger partial charge in [-0.25, -0.2) is 9.59 Å². The SMILES string of the molecule is CCOC(=O)C1=C(CN2CCN(Cc3cccc(Cl)c3)CC2)N(CC)C(=O)NC1c1ccccc1. The molecule has 0 bridgehead atoms. The first kappa shape index (κ1) is 25.2. The molecule has 0 aromatic heterocycles. The maximum absolute atomic E-state index is 13.2. The number of rotatable bonds is 8. The van der Waals surface area contributed by atoms with Gasteiger partial charge in [0, 0.05) is 56.5 Å². The third kappa shape index (κ3) is 6.04. The molecule has 1 atom stereocenters. The number of hydrogen-bond acceptors (Lipinski definition) is 5. The van der Waals surface area contributed by atoms with Gasteiger partial charge in [-0.2, -0.15) is 0 Å². The number of nitrogens with one attached hydrogen (secondary N) is 1. The molecule has 0 spiro atoms. The fraction of sp³-hybridized carbons (Fsp3) is 0.407. The predicted molar refractivity (Wildman–Crippen MR) is 137 cm³/mol. The monoisotopic (exact) mass is 496 g/mol. The lowest BCUT2D eigenvalue weighted by molar-refractivity contribution is -0.139. The molecule has 2 aromatic carbocycles. The maximum atomic E-state index is 13.2. The highest BCUT2D eigenvalue weighted by molar-refractivity contribution is 6.30. The van der Waals surface area contributed by atoms with Crippen LogP contribution >= 0.6 is 11.6 Å². The summed E-state index contributed by atoms with van der Waals surface area (Å²) in [6.07, 6.45) is 0. The number of benzene rings is 2. The topological polar surface area (TPSA) is 65.1 Å². The number of esters is 1. The molecule has 2 heterocycles. The molecule has 2 amide bonds. The van der Waals surface area contributed by atoms with Crippen molar-refractivity contribution < 1.29 is 14.3 Å². The van der Waals surface area contributed by atoms with E-state index in [1.54, 1.807) is 11.8 Å². The Kier molecular flexibility index (Phi) is 8.44. The smallest absolute Gasteiger partial charge is 0.338 e. The van der Waals surface area contributed by atoms with E-state index in [4.69, 9.17) is 16.3 Å². The van der Waals surface area contributed by atoms with Gasteiger partial charge in [0.2, 0.25) is 0 Å². The lowest BCUT2D eigenvalue weighted by atomic mass is 9.94. The number of halogens is 1. The van der Waals surface area contributed by atoms with Crippen molar-refractivity contribution in [2.75, 3.05) is 45.9 Å². The molecule has 4 rings (SSSR count). The summed E-state index contributed by atoms with van der Waals surface area (Å²) in [7, 11) is 0. The van der Waals surface area contributed by atoms with Gasteiger partial charge in [0.05, 0.1) is 18.2 Å². The van der Waals surface area contributed by atoms with Gasteiger partial charge in [-0.1, -0.05) is 54.1 Å². The number of carbonyl (C=O) groups excluding carboxylic acids is 2. The molecular formula is C27H33ClN4O3. The van der Waals surface area contributed by atoms with Crippen molar-refractivity contribution in [1.82, 2.24) is 20.0 Å². The van der Waals surface area contributed by atoms with Crippen LogP contribution in [-0.4, -0.2) is 72.6 Å². The third-order valence-electron chi connectivity index (χ3n) is 6.52. The largest absolute Gasteiger partial charge is 0.463 e. The molecule has 2 aliphatic heterocycles. The molecule has 1 saturated heterocycles. The van der Waals surface area contributed by atoms with E-state index in [0.717, 1.165) is 49.0 Å². The summed E-state index contributed by atoms with van der Waals surface area (Å²) in [6, 6.07) is 16.8. The zero-order chi connectivity index (χ0) is 24.8. The Morgan fingerprint density at radius 1 is 1.00 bits per heavy atom. The third-order valence-corrected chi connectivity index (χ3v) is 6.75. The number of hydrogen-bond donors (Lipinski definition) is 1. The summed E-state index contributed by atoms with van der Waals surface area (Å²) in [4.78, 5) is 32.6. The van der Waals surface area contributed by atoms with Gasteiger partial charge in [-0.3, -0.25) is 14.7 Å². The first-order chi connectivity index (χ1) is 17.0. The average Bonchev–Trinajstić information content (AvgIpc) is 2.86. The van der Waals surface area contributed by atoms with E-state index in [1.807, 2.05) is 55.5 Å². The minimum atomic E-state index is -0.537. The second-order valence-corrected chi connectivity index (χ2v) is 9.24. The number of likely N-dealkylation sites (N-methyl/N-ethyl adjacent to an activating group) is 1. The first-order valence-corrected chi connectivity index (χ1v) is 12.6. The highest BCUT2D eigenvalue weighted by atomic mass is 35.5. The molecule has 2 aliphatic rings. The molecule has 0 aliphatic carbocycles. The number of ether oxygens (including phenoxy) is 1. The molecule has 1 fully saturated rings. The lowest BCUT2D eigenvalue weighted by Gasteiger charge is -2.40. The Morgan fingerprint density at radius 2 is 1.69 bits per heavy atom. The molecule has 2 aromatic rings. The molecule has 0 saturated carbocycles. The van der Waals surface area contributed by atoms with Crippen LogP contribution < -0.4 is 5.32 Å². The van der Waals surface area contributed by atoms with Crippen molar-refractivity contribution in [2.24, 2.45) is 0 Å². The van der Waals surface area contributed by atoms with Crippen molar-refractivity contribution in [3.8, 4) is 0 Å². The molecule has 8 heteroatoms.